The Hall–Kier alpha value is -0.660. The third-order valence-corrected chi connectivity index (χ3v) is 2.62. The first-order valence-corrected chi connectivity index (χ1v) is 3.90. The van der Waals surface area contributed by atoms with E-state index in [1.54, 1.807) is 6.08 Å². The molecule has 0 aromatic heterocycles. The predicted octanol–water partition coefficient (Wildman–Crippen LogP) is 1.14. The van der Waals surface area contributed by atoms with Crippen LogP contribution in [0.3, 0.4) is 0 Å². The van der Waals surface area contributed by atoms with Gasteiger partial charge in [-0.25, -0.2) is 9.79 Å². The fraction of sp³-hybridized carbons (Fsp3) is 0.875. The van der Waals surface area contributed by atoms with E-state index in [0.29, 0.717) is 0 Å². The largest absolute Gasteiger partial charge is 0.380 e. The topological polar surface area (TPSA) is 38.7 Å². The summed E-state index contributed by atoms with van der Waals surface area (Å²) in [6, 6.07) is 0.0544. The highest BCUT2D eigenvalue weighted by Gasteiger charge is 2.42. The molecule has 1 heterocycles. The second-order valence-corrected chi connectivity index (χ2v) is 3.11. The molecule has 0 N–H and O–H groups in total. The van der Waals surface area contributed by atoms with Crippen LogP contribution >= 0.6 is 0 Å². The van der Waals surface area contributed by atoms with Gasteiger partial charge in [0.15, 0.2) is 0 Å². The Morgan fingerprint density at radius 1 is 1.73 bits per heavy atom. The van der Waals surface area contributed by atoms with Crippen molar-refractivity contribution in [2.45, 2.75) is 26.3 Å². The number of nitrogens with zero attached hydrogens (tertiary/aromatic N) is 1. The Kier molecular flexibility index (Phi) is 2.42. The zero-order valence-electron chi connectivity index (χ0n) is 6.96. The summed E-state index contributed by atoms with van der Waals surface area (Å²) in [6.45, 7) is 5.50. The van der Waals surface area contributed by atoms with Gasteiger partial charge < -0.3 is 4.74 Å². The molecular formula is C8H13NO2. The molecule has 0 radical (unpaired) electrons. The van der Waals surface area contributed by atoms with Crippen LogP contribution in [0.5, 0.6) is 0 Å². The van der Waals surface area contributed by atoms with Crippen molar-refractivity contribution in [1.29, 1.82) is 0 Å². The summed E-state index contributed by atoms with van der Waals surface area (Å²) in [4.78, 5) is 13.7. The maximum absolute atomic E-state index is 9.99. The maximum Gasteiger partial charge on any atom is 0.235 e. The highest BCUT2D eigenvalue weighted by atomic mass is 16.5. The smallest absolute Gasteiger partial charge is 0.235 e. The van der Waals surface area contributed by atoms with Gasteiger partial charge in [0.2, 0.25) is 6.08 Å². The van der Waals surface area contributed by atoms with E-state index in [4.69, 9.17) is 4.74 Å². The molecule has 0 aliphatic carbocycles. The summed E-state index contributed by atoms with van der Waals surface area (Å²) in [5.74, 6) is 0. The lowest BCUT2D eigenvalue weighted by molar-refractivity contribution is -0.125. The monoisotopic (exact) mass is 155 g/mol. The lowest BCUT2D eigenvalue weighted by atomic mass is 9.77. The molecule has 3 heteroatoms. The minimum absolute atomic E-state index is 0.0544. The molecule has 1 unspecified atom stereocenters. The Morgan fingerprint density at radius 2 is 2.36 bits per heavy atom. The van der Waals surface area contributed by atoms with Crippen molar-refractivity contribution >= 4 is 6.08 Å². The molecule has 3 nitrogen and oxygen atoms in total. The third-order valence-electron chi connectivity index (χ3n) is 2.62. The molecule has 62 valence electrons. The molecular weight excluding hydrogens is 142 g/mol. The molecule has 0 amide bonds. The van der Waals surface area contributed by atoms with Crippen molar-refractivity contribution in [1.82, 2.24) is 0 Å². The summed E-state index contributed by atoms with van der Waals surface area (Å²) >= 11 is 0. The van der Waals surface area contributed by atoms with Crippen LogP contribution in [0.4, 0.5) is 0 Å². The summed E-state index contributed by atoms with van der Waals surface area (Å²) in [6.07, 6.45) is 2.61. The fourth-order valence-electron chi connectivity index (χ4n) is 1.32. The lowest BCUT2D eigenvalue weighted by Gasteiger charge is -2.43. The maximum atomic E-state index is 9.99. The molecule has 1 saturated heterocycles. The van der Waals surface area contributed by atoms with Gasteiger partial charge in [-0.1, -0.05) is 6.92 Å². The van der Waals surface area contributed by atoms with Crippen LogP contribution in [0, 0.1) is 5.41 Å². The van der Waals surface area contributed by atoms with E-state index in [0.717, 1.165) is 19.6 Å². The normalized spacial score (nSPS) is 23.1. The van der Waals surface area contributed by atoms with E-state index in [9.17, 15) is 4.79 Å². The Morgan fingerprint density at radius 3 is 2.64 bits per heavy atom. The summed E-state index contributed by atoms with van der Waals surface area (Å²) in [5.41, 5.74) is 0.122. The highest BCUT2D eigenvalue weighted by molar-refractivity contribution is 5.34. The minimum Gasteiger partial charge on any atom is -0.380 e. The van der Waals surface area contributed by atoms with Crippen LogP contribution in [-0.2, 0) is 9.53 Å². The van der Waals surface area contributed by atoms with Gasteiger partial charge in [-0.3, -0.25) is 0 Å². The van der Waals surface area contributed by atoms with E-state index in [1.165, 1.54) is 0 Å². The zero-order valence-corrected chi connectivity index (χ0v) is 6.96. The van der Waals surface area contributed by atoms with Gasteiger partial charge in [-0.2, -0.15) is 0 Å². The molecule has 0 bridgehead atoms. The summed E-state index contributed by atoms with van der Waals surface area (Å²) < 4.78 is 5.11. The minimum atomic E-state index is 0.0544. The summed E-state index contributed by atoms with van der Waals surface area (Å²) in [5, 5.41) is 0. The van der Waals surface area contributed by atoms with Gasteiger partial charge in [0.1, 0.15) is 0 Å². The van der Waals surface area contributed by atoms with Gasteiger partial charge >= 0.3 is 0 Å². The van der Waals surface area contributed by atoms with Crippen LogP contribution < -0.4 is 0 Å². The molecule has 1 rings (SSSR count). The highest BCUT2D eigenvalue weighted by Crippen LogP contribution is 2.36. The second kappa shape index (κ2) is 3.16. The number of carbonyl (C=O) groups excluding carboxylic acids is 1. The molecule has 1 aliphatic heterocycles. The van der Waals surface area contributed by atoms with Crippen molar-refractivity contribution < 1.29 is 9.53 Å². The van der Waals surface area contributed by atoms with E-state index < -0.39 is 0 Å². The van der Waals surface area contributed by atoms with Gasteiger partial charge in [0, 0.05) is 5.41 Å². The first-order valence-electron chi connectivity index (χ1n) is 3.90. The zero-order chi connectivity index (χ0) is 8.32. The van der Waals surface area contributed by atoms with Crippen LogP contribution in [0.25, 0.3) is 0 Å². The molecule has 0 aromatic rings. The third kappa shape index (κ3) is 1.35. The molecule has 0 spiro atoms. The Balaban J connectivity index is 2.61. The van der Waals surface area contributed by atoms with Crippen molar-refractivity contribution in [3.8, 4) is 0 Å². The predicted molar refractivity (Wildman–Crippen MR) is 41.1 cm³/mol. The number of hydrogen-bond donors (Lipinski definition) is 0. The Labute approximate surface area is 66.5 Å². The van der Waals surface area contributed by atoms with E-state index in [2.05, 4.69) is 11.9 Å². The number of aliphatic imine (C=N–C) groups is 1. The average molecular weight is 155 g/mol. The lowest BCUT2D eigenvalue weighted by Crippen LogP contribution is -2.49. The van der Waals surface area contributed by atoms with Gasteiger partial charge in [-0.15, -0.1) is 0 Å². The number of rotatable bonds is 3. The van der Waals surface area contributed by atoms with Crippen molar-refractivity contribution in [2.75, 3.05) is 13.2 Å². The molecule has 1 atom stereocenters. The summed E-state index contributed by atoms with van der Waals surface area (Å²) in [7, 11) is 0. The quantitative estimate of drug-likeness (QED) is 0.452. The van der Waals surface area contributed by atoms with Gasteiger partial charge in [0.25, 0.3) is 0 Å². The van der Waals surface area contributed by atoms with Crippen molar-refractivity contribution in [3.05, 3.63) is 0 Å². The van der Waals surface area contributed by atoms with Crippen LogP contribution in [0.2, 0.25) is 0 Å². The van der Waals surface area contributed by atoms with E-state index >= 15 is 0 Å². The molecule has 0 saturated carbocycles. The number of isocyanates is 1. The number of hydrogen-bond acceptors (Lipinski definition) is 3. The fourth-order valence-corrected chi connectivity index (χ4v) is 1.32. The van der Waals surface area contributed by atoms with E-state index in [-0.39, 0.29) is 11.5 Å². The molecule has 1 fully saturated rings. The van der Waals surface area contributed by atoms with Gasteiger partial charge in [-0.05, 0) is 13.3 Å². The molecule has 0 aromatic carbocycles. The van der Waals surface area contributed by atoms with E-state index in [1.807, 2.05) is 6.92 Å². The second-order valence-electron chi connectivity index (χ2n) is 3.11. The number of ether oxygens (including phenoxy) is 1. The standard InChI is InChI=1S/C8H13NO2/c1-3-8(4-11-5-8)7(2)9-6-10/h7H,3-5H2,1-2H3. The first-order chi connectivity index (χ1) is 5.25. The van der Waals surface area contributed by atoms with Crippen LogP contribution in [-0.4, -0.2) is 25.3 Å². The first kappa shape index (κ1) is 8.44. The Bertz CT molecular complexity index is 175. The van der Waals surface area contributed by atoms with Crippen LogP contribution in [0.1, 0.15) is 20.3 Å². The van der Waals surface area contributed by atoms with Crippen LogP contribution in [0.15, 0.2) is 4.99 Å². The van der Waals surface area contributed by atoms with Crippen molar-refractivity contribution in [2.24, 2.45) is 10.4 Å². The molecule has 11 heavy (non-hydrogen) atoms. The van der Waals surface area contributed by atoms with Crippen molar-refractivity contribution in [3.63, 3.8) is 0 Å². The average Bonchev–Trinajstić information content (AvgIpc) is 1.87. The molecule has 1 aliphatic rings. The van der Waals surface area contributed by atoms with Gasteiger partial charge in [0.05, 0.1) is 19.3 Å². The SMILES string of the molecule is CCC1(C(C)N=C=O)COC1.